The zero-order valence-electron chi connectivity index (χ0n) is 21.4. The first-order valence-corrected chi connectivity index (χ1v) is 12.2. The Hall–Kier alpha value is -3.06. The van der Waals surface area contributed by atoms with Crippen molar-refractivity contribution >= 4 is 12.1 Å². The first-order chi connectivity index (χ1) is 16.7. The van der Waals surface area contributed by atoms with Gasteiger partial charge in [0, 0.05) is 19.6 Å². The predicted molar refractivity (Wildman–Crippen MR) is 136 cm³/mol. The Balaban J connectivity index is 1.88. The summed E-state index contributed by atoms with van der Waals surface area (Å²) in [4.78, 5) is 25.7. The van der Waals surface area contributed by atoms with Gasteiger partial charge < -0.3 is 24.2 Å². The van der Waals surface area contributed by atoms with E-state index in [-0.39, 0.29) is 17.9 Å². The molecule has 1 atom stereocenters. The number of rotatable bonds is 14. The van der Waals surface area contributed by atoms with E-state index < -0.39 is 12.1 Å². The summed E-state index contributed by atoms with van der Waals surface area (Å²) >= 11 is 0. The number of carbonyl (C=O) groups is 2. The topological polar surface area (TPSA) is 85.3 Å². The van der Waals surface area contributed by atoms with Crippen LogP contribution in [-0.4, -0.2) is 61.1 Å². The fraction of sp³-hybridized carbons (Fsp3) is 0.500. The molecular weight excluding hydrogens is 446 g/mol. The number of nitrogens with zero attached hydrogens (tertiary/aromatic N) is 1. The lowest BCUT2D eigenvalue weighted by atomic mass is 9.99. The smallest absolute Gasteiger partial charge is 0.409 e. The van der Waals surface area contributed by atoms with E-state index in [4.69, 9.17) is 14.2 Å². The van der Waals surface area contributed by atoms with Crippen LogP contribution in [0.2, 0.25) is 0 Å². The van der Waals surface area contributed by atoms with Gasteiger partial charge in [-0.3, -0.25) is 0 Å². The van der Waals surface area contributed by atoms with Crippen LogP contribution < -0.4 is 4.74 Å². The zero-order valence-corrected chi connectivity index (χ0v) is 21.4. The lowest BCUT2D eigenvalue weighted by Crippen LogP contribution is -2.37. The van der Waals surface area contributed by atoms with Crippen molar-refractivity contribution in [2.75, 3.05) is 32.9 Å². The molecule has 0 aliphatic carbocycles. The van der Waals surface area contributed by atoms with Crippen molar-refractivity contribution in [2.45, 2.75) is 53.1 Å². The van der Waals surface area contributed by atoms with Crippen LogP contribution >= 0.6 is 0 Å². The summed E-state index contributed by atoms with van der Waals surface area (Å²) in [5, 5.41) is 9.25. The average molecular weight is 486 g/mol. The van der Waals surface area contributed by atoms with E-state index in [1.54, 1.807) is 24.0 Å². The molecule has 192 valence electrons. The van der Waals surface area contributed by atoms with Crippen LogP contribution in [0.4, 0.5) is 4.79 Å². The Morgan fingerprint density at radius 2 is 1.66 bits per heavy atom. The van der Waals surface area contributed by atoms with Crippen LogP contribution in [0.25, 0.3) is 0 Å². The number of aryl methyl sites for hydroxylation is 1. The molecule has 0 aromatic heterocycles. The first kappa shape index (κ1) is 28.2. The Kier molecular flexibility index (Phi) is 11.6. The van der Waals surface area contributed by atoms with Gasteiger partial charge in [0.1, 0.15) is 12.4 Å². The maximum Gasteiger partial charge on any atom is 0.409 e. The van der Waals surface area contributed by atoms with E-state index in [0.717, 1.165) is 18.4 Å². The molecule has 0 bridgehead atoms. The number of aliphatic carboxylic acids is 1. The molecule has 1 unspecified atom stereocenters. The Labute approximate surface area is 209 Å². The normalized spacial score (nSPS) is 12.1. The number of amides is 1. The molecular formula is C28H39NO6. The second kappa shape index (κ2) is 14.4. The molecule has 0 aliphatic rings. The zero-order chi connectivity index (χ0) is 25.7. The Morgan fingerprint density at radius 3 is 2.26 bits per heavy atom. The molecule has 0 saturated heterocycles. The minimum absolute atomic E-state index is 0.106. The third kappa shape index (κ3) is 11.3. The molecule has 0 saturated carbocycles. The third-order valence-corrected chi connectivity index (χ3v) is 5.24. The van der Waals surface area contributed by atoms with Crippen LogP contribution in [-0.2, 0) is 27.1 Å². The van der Waals surface area contributed by atoms with E-state index in [1.807, 2.05) is 51.1 Å². The quantitative estimate of drug-likeness (QED) is 0.395. The van der Waals surface area contributed by atoms with Crippen LogP contribution in [0.1, 0.15) is 45.2 Å². The van der Waals surface area contributed by atoms with Crippen molar-refractivity contribution < 1.29 is 28.9 Å². The van der Waals surface area contributed by atoms with Crippen molar-refractivity contribution in [2.24, 2.45) is 5.41 Å². The van der Waals surface area contributed by atoms with Gasteiger partial charge in [0.05, 0.1) is 13.2 Å². The molecule has 1 amide bonds. The molecule has 1 N–H and O–H groups in total. The van der Waals surface area contributed by atoms with E-state index in [2.05, 4.69) is 12.1 Å². The highest BCUT2D eigenvalue weighted by Crippen LogP contribution is 2.16. The number of carbonyl (C=O) groups excluding carboxylic acids is 1. The minimum Gasteiger partial charge on any atom is -0.492 e. The fourth-order valence-electron chi connectivity index (χ4n) is 3.41. The van der Waals surface area contributed by atoms with Crippen LogP contribution in [0.5, 0.6) is 5.75 Å². The summed E-state index contributed by atoms with van der Waals surface area (Å²) in [7, 11) is 0. The molecule has 7 nitrogen and oxygen atoms in total. The fourth-order valence-corrected chi connectivity index (χ4v) is 3.41. The molecule has 2 aromatic rings. The number of benzene rings is 2. The maximum atomic E-state index is 12.7. The summed E-state index contributed by atoms with van der Waals surface area (Å²) < 4.78 is 16.7. The molecule has 2 rings (SSSR count). The van der Waals surface area contributed by atoms with Crippen LogP contribution in [0, 0.1) is 5.41 Å². The molecule has 7 heteroatoms. The van der Waals surface area contributed by atoms with Gasteiger partial charge in [-0.15, -0.1) is 0 Å². The van der Waals surface area contributed by atoms with Crippen LogP contribution in [0.15, 0.2) is 54.6 Å². The van der Waals surface area contributed by atoms with Gasteiger partial charge in [0.15, 0.2) is 6.10 Å². The van der Waals surface area contributed by atoms with Gasteiger partial charge in [-0.05, 0) is 48.4 Å². The Morgan fingerprint density at radius 1 is 0.971 bits per heavy atom. The Bertz CT molecular complexity index is 892. The number of ether oxygens (including phenoxy) is 3. The number of hydrogen-bond acceptors (Lipinski definition) is 5. The second-order valence-corrected chi connectivity index (χ2v) is 9.67. The predicted octanol–water partition coefficient (Wildman–Crippen LogP) is 5.22. The van der Waals surface area contributed by atoms with Crippen molar-refractivity contribution in [3.05, 3.63) is 65.7 Å². The highest BCUT2D eigenvalue weighted by atomic mass is 16.6. The largest absolute Gasteiger partial charge is 0.492 e. The lowest BCUT2D eigenvalue weighted by Gasteiger charge is -2.25. The molecule has 0 fully saturated rings. The molecule has 0 heterocycles. The molecule has 35 heavy (non-hydrogen) atoms. The summed E-state index contributed by atoms with van der Waals surface area (Å²) in [6.45, 7) is 9.86. The monoisotopic (exact) mass is 485 g/mol. The first-order valence-electron chi connectivity index (χ1n) is 12.2. The van der Waals surface area contributed by atoms with Gasteiger partial charge in [-0.2, -0.15) is 0 Å². The summed E-state index contributed by atoms with van der Waals surface area (Å²) in [6, 6.07) is 17.5. The van der Waals surface area contributed by atoms with E-state index in [0.29, 0.717) is 38.7 Å². The van der Waals surface area contributed by atoms with E-state index in [1.165, 1.54) is 5.56 Å². The van der Waals surface area contributed by atoms with Gasteiger partial charge in [-0.1, -0.05) is 63.2 Å². The SMILES string of the molecule is CCOC(Cc1ccc(OCCN(CCCc2ccccc2)C(=O)OCC(C)(C)C)cc1)C(=O)O. The maximum absolute atomic E-state index is 12.7. The van der Waals surface area contributed by atoms with Crippen molar-refractivity contribution in [3.8, 4) is 5.75 Å². The van der Waals surface area contributed by atoms with Crippen molar-refractivity contribution in [3.63, 3.8) is 0 Å². The van der Waals surface area contributed by atoms with Gasteiger partial charge >= 0.3 is 12.1 Å². The molecule has 2 aromatic carbocycles. The van der Waals surface area contributed by atoms with Gasteiger partial charge in [-0.25, -0.2) is 9.59 Å². The minimum atomic E-state index is -0.974. The number of hydrogen-bond donors (Lipinski definition) is 1. The number of carboxylic acids is 1. The standard InChI is InChI=1S/C28H39NO6/c1-5-33-25(26(30)31)20-23-13-15-24(16-14-23)34-19-18-29(27(32)35-21-28(2,3)4)17-9-12-22-10-7-6-8-11-22/h6-8,10-11,13-16,25H,5,9,12,17-21H2,1-4H3,(H,30,31). The molecule has 0 aliphatic heterocycles. The average Bonchev–Trinajstić information content (AvgIpc) is 2.82. The highest BCUT2D eigenvalue weighted by Gasteiger charge is 2.20. The molecule has 0 spiro atoms. The molecule has 0 radical (unpaired) electrons. The summed E-state index contributed by atoms with van der Waals surface area (Å²) in [5.74, 6) is -0.317. The summed E-state index contributed by atoms with van der Waals surface area (Å²) in [5.41, 5.74) is 1.98. The van der Waals surface area contributed by atoms with E-state index in [9.17, 15) is 14.7 Å². The highest BCUT2D eigenvalue weighted by molar-refractivity contribution is 5.72. The van der Waals surface area contributed by atoms with E-state index >= 15 is 0 Å². The van der Waals surface area contributed by atoms with Gasteiger partial charge in [0.25, 0.3) is 0 Å². The van der Waals surface area contributed by atoms with Crippen LogP contribution in [0.3, 0.4) is 0 Å². The van der Waals surface area contributed by atoms with Gasteiger partial charge in [0.2, 0.25) is 0 Å². The second-order valence-electron chi connectivity index (χ2n) is 9.67. The number of carboxylic acid groups (broad SMARTS) is 1. The third-order valence-electron chi connectivity index (χ3n) is 5.24. The van der Waals surface area contributed by atoms with Crippen molar-refractivity contribution in [1.29, 1.82) is 0 Å². The lowest BCUT2D eigenvalue weighted by molar-refractivity contribution is -0.149. The van der Waals surface area contributed by atoms with Crippen molar-refractivity contribution in [1.82, 2.24) is 4.90 Å². The summed E-state index contributed by atoms with van der Waals surface area (Å²) in [6.07, 6.45) is 0.801.